The molecule has 0 radical (unpaired) electrons. The van der Waals surface area contributed by atoms with E-state index in [9.17, 15) is 13.2 Å². The van der Waals surface area contributed by atoms with Crippen LogP contribution in [0.4, 0.5) is 13.2 Å². The summed E-state index contributed by atoms with van der Waals surface area (Å²) in [5, 5.41) is 0. The molecule has 0 nitrogen and oxygen atoms in total. The van der Waals surface area contributed by atoms with Gasteiger partial charge in [0.1, 0.15) is 0 Å². The van der Waals surface area contributed by atoms with Crippen LogP contribution in [0.5, 0.6) is 0 Å². The lowest BCUT2D eigenvalue weighted by Crippen LogP contribution is -2.09. The molecule has 1 saturated carbocycles. The molecule has 0 amide bonds. The van der Waals surface area contributed by atoms with Gasteiger partial charge in [-0.05, 0) is 42.9 Å². The zero-order valence-electron chi connectivity index (χ0n) is 10.8. The molecule has 0 N–H and O–H groups in total. The zero-order chi connectivity index (χ0) is 13.3. The Morgan fingerprint density at radius 3 is 2.00 bits per heavy atom. The number of hydrogen-bond donors (Lipinski definition) is 0. The molecule has 1 aromatic rings. The highest BCUT2D eigenvalue weighted by Gasteiger charge is 2.40. The fourth-order valence-electron chi connectivity index (χ4n) is 1.77. The van der Waals surface area contributed by atoms with Crippen molar-refractivity contribution in [1.29, 1.82) is 0 Å². The Kier molecular flexibility index (Phi) is 3.90. The fraction of sp³-hybridized carbons (Fsp3) is 0.571. The van der Waals surface area contributed by atoms with Crippen LogP contribution >= 0.6 is 0 Å². The van der Waals surface area contributed by atoms with E-state index >= 15 is 0 Å². The number of alkyl halides is 3. The van der Waals surface area contributed by atoms with Crippen LogP contribution in [0, 0.1) is 6.92 Å². The molecule has 17 heavy (non-hydrogen) atoms. The molecule has 0 aromatic heterocycles. The lowest BCUT2D eigenvalue weighted by molar-refractivity contribution is -0.137. The topological polar surface area (TPSA) is 0 Å². The third-order valence-corrected chi connectivity index (χ3v) is 3.10. The summed E-state index contributed by atoms with van der Waals surface area (Å²) in [6.45, 7) is 7.73. The normalized spacial score (nSPS) is 17.1. The van der Waals surface area contributed by atoms with Gasteiger partial charge in [0.15, 0.2) is 0 Å². The molecule has 1 aliphatic carbocycles. The van der Waals surface area contributed by atoms with Gasteiger partial charge in [0.25, 0.3) is 0 Å². The molecule has 0 bridgehead atoms. The van der Waals surface area contributed by atoms with Gasteiger partial charge >= 0.3 is 6.18 Å². The molecule has 0 heterocycles. The van der Waals surface area contributed by atoms with E-state index in [1.165, 1.54) is 12.1 Å². The van der Waals surface area contributed by atoms with Crippen molar-refractivity contribution in [1.82, 2.24) is 0 Å². The zero-order valence-corrected chi connectivity index (χ0v) is 10.8. The second kappa shape index (κ2) is 4.71. The van der Waals surface area contributed by atoms with Crippen LogP contribution < -0.4 is 0 Å². The maximum absolute atomic E-state index is 12.6. The van der Waals surface area contributed by atoms with Crippen LogP contribution in [0.3, 0.4) is 0 Å². The van der Waals surface area contributed by atoms with E-state index in [0.29, 0.717) is 5.56 Å². The summed E-state index contributed by atoms with van der Waals surface area (Å²) in [6.07, 6.45) is -2.24. The first-order valence-corrected chi connectivity index (χ1v) is 6.01. The van der Waals surface area contributed by atoms with E-state index in [2.05, 4.69) is 0 Å². The molecule has 0 atom stereocenters. The minimum atomic E-state index is -4.23. The molecule has 1 aliphatic rings. The Balaban J connectivity index is 0.000000686. The van der Waals surface area contributed by atoms with Gasteiger partial charge < -0.3 is 0 Å². The Labute approximate surface area is 101 Å². The van der Waals surface area contributed by atoms with E-state index in [1.807, 2.05) is 26.8 Å². The third kappa shape index (κ3) is 3.24. The molecule has 1 fully saturated rings. The summed E-state index contributed by atoms with van der Waals surface area (Å²) < 4.78 is 37.7. The largest absolute Gasteiger partial charge is 0.416 e. The predicted octanol–water partition coefficient (Wildman–Crippen LogP) is 5.09. The van der Waals surface area contributed by atoms with Crippen molar-refractivity contribution >= 4 is 0 Å². The standard InChI is InChI=1S/C12H13F3.C2H6/c1-8-5-9(11(2)3-4-11)7-10(6-8)12(13,14)15;1-2/h5-7H,3-4H2,1-2H3;1-2H3. The van der Waals surface area contributed by atoms with Crippen molar-refractivity contribution in [2.24, 2.45) is 0 Å². The van der Waals surface area contributed by atoms with Gasteiger partial charge in [-0.2, -0.15) is 13.2 Å². The number of hydrogen-bond acceptors (Lipinski definition) is 0. The van der Waals surface area contributed by atoms with Crippen molar-refractivity contribution in [2.75, 3.05) is 0 Å². The molecule has 0 spiro atoms. The molecule has 0 saturated heterocycles. The van der Waals surface area contributed by atoms with Gasteiger partial charge in [-0.3, -0.25) is 0 Å². The van der Waals surface area contributed by atoms with Crippen LogP contribution in [-0.4, -0.2) is 0 Å². The third-order valence-electron chi connectivity index (χ3n) is 3.10. The fourth-order valence-corrected chi connectivity index (χ4v) is 1.77. The van der Waals surface area contributed by atoms with Crippen molar-refractivity contribution in [3.63, 3.8) is 0 Å². The molecular weight excluding hydrogens is 225 g/mol. The molecule has 96 valence electrons. The predicted molar refractivity (Wildman–Crippen MR) is 64.1 cm³/mol. The molecule has 0 aliphatic heterocycles. The van der Waals surface area contributed by atoms with Crippen molar-refractivity contribution in [3.05, 3.63) is 34.9 Å². The average molecular weight is 244 g/mol. The van der Waals surface area contributed by atoms with Crippen molar-refractivity contribution in [2.45, 2.75) is 52.1 Å². The highest BCUT2D eigenvalue weighted by atomic mass is 19.4. The van der Waals surface area contributed by atoms with Gasteiger partial charge in [-0.25, -0.2) is 0 Å². The van der Waals surface area contributed by atoms with Crippen LogP contribution in [0.25, 0.3) is 0 Å². The number of benzene rings is 1. The van der Waals surface area contributed by atoms with Crippen molar-refractivity contribution < 1.29 is 13.2 Å². The van der Waals surface area contributed by atoms with Crippen molar-refractivity contribution in [3.8, 4) is 0 Å². The SMILES string of the molecule is CC.Cc1cc(C(F)(F)F)cc(C2(C)CC2)c1. The summed E-state index contributed by atoms with van der Waals surface area (Å²) >= 11 is 0. The van der Waals surface area contributed by atoms with Gasteiger partial charge in [-0.1, -0.05) is 32.4 Å². The van der Waals surface area contributed by atoms with Gasteiger partial charge in [-0.15, -0.1) is 0 Å². The van der Waals surface area contributed by atoms with Crippen LogP contribution in [0.2, 0.25) is 0 Å². The van der Waals surface area contributed by atoms with E-state index in [1.54, 1.807) is 6.92 Å². The first-order chi connectivity index (χ1) is 7.81. The summed E-state index contributed by atoms with van der Waals surface area (Å²) in [5.41, 5.74) is 0.986. The maximum atomic E-state index is 12.6. The smallest absolute Gasteiger partial charge is 0.166 e. The first-order valence-electron chi connectivity index (χ1n) is 6.01. The Hall–Kier alpha value is -0.990. The highest BCUT2D eigenvalue weighted by molar-refractivity contribution is 5.38. The summed E-state index contributed by atoms with van der Waals surface area (Å²) in [6, 6.07) is 4.36. The minimum absolute atomic E-state index is 0.00792. The maximum Gasteiger partial charge on any atom is 0.416 e. The van der Waals surface area contributed by atoms with E-state index < -0.39 is 11.7 Å². The van der Waals surface area contributed by atoms with Crippen LogP contribution in [-0.2, 0) is 11.6 Å². The van der Waals surface area contributed by atoms with Crippen LogP contribution in [0.1, 0.15) is 50.3 Å². The lowest BCUT2D eigenvalue weighted by atomic mass is 9.94. The number of halogens is 3. The summed E-state index contributed by atoms with van der Waals surface area (Å²) in [4.78, 5) is 0. The van der Waals surface area contributed by atoms with E-state index in [4.69, 9.17) is 0 Å². The minimum Gasteiger partial charge on any atom is -0.166 e. The summed E-state index contributed by atoms with van der Waals surface area (Å²) in [5.74, 6) is 0. The van der Waals surface area contributed by atoms with Gasteiger partial charge in [0, 0.05) is 0 Å². The van der Waals surface area contributed by atoms with Gasteiger partial charge in [0.2, 0.25) is 0 Å². The van der Waals surface area contributed by atoms with Gasteiger partial charge in [0.05, 0.1) is 5.56 Å². The summed E-state index contributed by atoms with van der Waals surface area (Å²) in [7, 11) is 0. The highest BCUT2D eigenvalue weighted by Crippen LogP contribution is 2.48. The monoisotopic (exact) mass is 244 g/mol. The Bertz CT molecular complexity index is 363. The Morgan fingerprint density at radius 1 is 1.06 bits per heavy atom. The molecule has 1 aromatic carbocycles. The second-order valence-corrected chi connectivity index (χ2v) is 4.65. The molecule has 0 unspecified atom stereocenters. The van der Waals surface area contributed by atoms with E-state index in [-0.39, 0.29) is 5.41 Å². The lowest BCUT2D eigenvalue weighted by Gasteiger charge is -2.14. The van der Waals surface area contributed by atoms with E-state index in [0.717, 1.165) is 18.4 Å². The molecule has 2 rings (SSSR count). The number of aryl methyl sites for hydroxylation is 1. The quantitative estimate of drug-likeness (QED) is 0.645. The first kappa shape index (κ1) is 14.1. The Morgan fingerprint density at radius 2 is 1.59 bits per heavy atom. The molecular formula is C14H19F3. The average Bonchev–Trinajstić information content (AvgIpc) is 2.99. The molecule has 3 heteroatoms. The number of rotatable bonds is 1. The second-order valence-electron chi connectivity index (χ2n) is 4.65. The van der Waals surface area contributed by atoms with Crippen LogP contribution in [0.15, 0.2) is 18.2 Å².